The Hall–Kier alpha value is -0.760. The molecule has 0 heterocycles. The summed E-state index contributed by atoms with van der Waals surface area (Å²) in [7, 11) is 0. The number of unbranched alkanes of at least 4 members (excludes halogenated alkanes) is 7. The molecule has 2 nitrogen and oxygen atoms in total. The van der Waals surface area contributed by atoms with Crippen molar-refractivity contribution in [3.05, 3.63) is 25.0 Å². The van der Waals surface area contributed by atoms with Gasteiger partial charge in [0.25, 0.3) is 0 Å². The lowest BCUT2D eigenvalue weighted by Gasteiger charge is -2.11. The van der Waals surface area contributed by atoms with Gasteiger partial charge in [0, 0.05) is 0 Å². The van der Waals surface area contributed by atoms with Gasteiger partial charge in [-0.15, -0.1) is 0 Å². The number of halogens is 1. The summed E-state index contributed by atoms with van der Waals surface area (Å²) in [6, 6.07) is 0. The summed E-state index contributed by atoms with van der Waals surface area (Å²) >= 11 is 4.76. The Morgan fingerprint density at radius 2 is 1.57 bits per heavy atom. The fourth-order valence-corrected chi connectivity index (χ4v) is 2.51. The first kappa shape index (κ1) is 20.2. The van der Waals surface area contributed by atoms with Crippen molar-refractivity contribution in [2.75, 3.05) is 0 Å². The first-order valence-electron chi connectivity index (χ1n) is 8.20. The quantitative estimate of drug-likeness (QED) is 0.252. The molecule has 1 fully saturated rings. The Balaban J connectivity index is 0.00000122. The third-order valence-corrected chi connectivity index (χ3v) is 3.99. The zero-order chi connectivity index (χ0) is 16.0. The van der Waals surface area contributed by atoms with Crippen molar-refractivity contribution in [3.63, 3.8) is 0 Å². The van der Waals surface area contributed by atoms with Gasteiger partial charge in [-0.2, -0.15) is 0 Å². The molecule has 0 aromatic heterocycles. The maximum atomic E-state index is 11.7. The molecule has 0 amide bonds. The minimum absolute atomic E-state index is 0.0551. The number of rotatable bonds is 11. The molecule has 0 atom stereocenters. The summed E-state index contributed by atoms with van der Waals surface area (Å²) < 4.78 is 4.92. The van der Waals surface area contributed by atoms with E-state index >= 15 is 0 Å². The molecule has 0 aliphatic heterocycles. The summed E-state index contributed by atoms with van der Waals surface area (Å²) in [5, 5.41) is 0. The van der Waals surface area contributed by atoms with Crippen LogP contribution in [0.3, 0.4) is 0 Å². The summed E-state index contributed by atoms with van der Waals surface area (Å²) in [6.07, 6.45) is 14.8. The monoisotopic (exact) mass is 314 g/mol. The van der Waals surface area contributed by atoms with Crippen molar-refractivity contribution in [1.29, 1.82) is 0 Å². The van der Waals surface area contributed by atoms with E-state index in [1.807, 2.05) is 0 Å². The lowest BCUT2D eigenvalue weighted by molar-refractivity contribution is -0.144. The summed E-state index contributed by atoms with van der Waals surface area (Å²) in [6.45, 7) is 8.82. The molecule has 0 unspecified atom stereocenters. The highest BCUT2D eigenvalue weighted by molar-refractivity contribution is 6.25. The van der Waals surface area contributed by atoms with Gasteiger partial charge in [0.1, 0.15) is 0 Å². The van der Waals surface area contributed by atoms with Crippen LogP contribution in [0.5, 0.6) is 0 Å². The van der Waals surface area contributed by atoms with E-state index in [9.17, 15) is 4.79 Å². The van der Waals surface area contributed by atoms with Gasteiger partial charge in [0.2, 0.25) is 0 Å². The van der Waals surface area contributed by atoms with Gasteiger partial charge in [-0.3, -0.25) is 4.79 Å². The standard InChI is InChI=1S/C16H28O2.C2H3Cl/c1-3-5-6-7-8-9-10-11-12-16(13-14-16)15(17)18-4-2;1-2-3/h4H,2-3,5-14H2,1H3;2H,1H2. The lowest BCUT2D eigenvalue weighted by atomic mass is 9.97. The molecule has 0 radical (unpaired) electrons. The van der Waals surface area contributed by atoms with E-state index in [4.69, 9.17) is 16.3 Å². The van der Waals surface area contributed by atoms with Gasteiger partial charge >= 0.3 is 5.97 Å². The molecule has 1 rings (SSSR count). The molecule has 0 spiro atoms. The van der Waals surface area contributed by atoms with Crippen molar-refractivity contribution in [2.45, 2.75) is 77.6 Å². The van der Waals surface area contributed by atoms with E-state index in [2.05, 4.69) is 20.1 Å². The highest BCUT2D eigenvalue weighted by atomic mass is 35.5. The molecule has 0 aromatic carbocycles. The van der Waals surface area contributed by atoms with Crippen molar-refractivity contribution in [3.8, 4) is 0 Å². The molecule has 0 bridgehead atoms. The number of carbonyl (C=O) groups excluding carboxylic acids is 1. The van der Waals surface area contributed by atoms with Crippen molar-refractivity contribution < 1.29 is 9.53 Å². The molecule has 1 saturated carbocycles. The van der Waals surface area contributed by atoms with Crippen LogP contribution in [0.4, 0.5) is 0 Å². The summed E-state index contributed by atoms with van der Waals surface area (Å²) in [4.78, 5) is 11.7. The molecule has 1 aliphatic rings. The van der Waals surface area contributed by atoms with Gasteiger partial charge in [-0.05, 0) is 24.8 Å². The van der Waals surface area contributed by atoms with Crippen LogP contribution in [0.1, 0.15) is 77.6 Å². The SMILES string of the molecule is C=CCl.C=COC(=O)C1(CCCCCCCCCC)CC1. The van der Waals surface area contributed by atoms with Crippen LogP contribution in [-0.4, -0.2) is 5.97 Å². The highest BCUT2D eigenvalue weighted by Gasteiger charge is 2.50. The predicted octanol–water partition coefficient (Wildman–Crippen LogP) is 6.35. The van der Waals surface area contributed by atoms with E-state index in [0.717, 1.165) is 19.3 Å². The summed E-state index contributed by atoms with van der Waals surface area (Å²) in [5.41, 5.74) is 1.09. The van der Waals surface area contributed by atoms with Gasteiger partial charge in [-0.25, -0.2) is 0 Å². The molecule has 21 heavy (non-hydrogen) atoms. The number of carbonyl (C=O) groups is 1. The Morgan fingerprint density at radius 1 is 1.10 bits per heavy atom. The number of ether oxygens (including phenoxy) is 1. The molecular weight excluding hydrogens is 284 g/mol. The van der Waals surface area contributed by atoms with Crippen LogP contribution >= 0.6 is 11.6 Å². The highest BCUT2D eigenvalue weighted by Crippen LogP contribution is 2.51. The normalized spacial score (nSPS) is 14.6. The van der Waals surface area contributed by atoms with Crippen LogP contribution in [0.15, 0.2) is 25.0 Å². The van der Waals surface area contributed by atoms with Gasteiger partial charge < -0.3 is 4.74 Å². The number of hydrogen-bond donors (Lipinski definition) is 0. The number of hydrogen-bond acceptors (Lipinski definition) is 2. The third-order valence-electron chi connectivity index (χ3n) is 3.99. The van der Waals surface area contributed by atoms with E-state index in [0.29, 0.717) is 0 Å². The van der Waals surface area contributed by atoms with Gasteiger partial charge in [0.15, 0.2) is 0 Å². The molecule has 122 valence electrons. The first-order chi connectivity index (χ1) is 10.2. The lowest BCUT2D eigenvalue weighted by Crippen LogP contribution is -2.16. The van der Waals surface area contributed by atoms with Crippen molar-refractivity contribution in [1.82, 2.24) is 0 Å². The molecular formula is C18H31ClO2. The Labute approximate surface area is 135 Å². The van der Waals surface area contributed by atoms with Crippen molar-refractivity contribution in [2.24, 2.45) is 5.41 Å². The van der Waals surface area contributed by atoms with E-state index in [1.165, 1.54) is 63.2 Å². The average molecular weight is 315 g/mol. The van der Waals surface area contributed by atoms with Gasteiger partial charge in [0.05, 0.1) is 11.7 Å². The topological polar surface area (TPSA) is 26.3 Å². The van der Waals surface area contributed by atoms with Crippen LogP contribution in [0.25, 0.3) is 0 Å². The Kier molecular flexibility index (Phi) is 12.5. The van der Waals surface area contributed by atoms with Crippen LogP contribution in [-0.2, 0) is 9.53 Å². The molecule has 0 aromatic rings. The second-order valence-corrected chi connectivity index (χ2v) is 6.04. The minimum Gasteiger partial charge on any atom is -0.435 e. The minimum atomic E-state index is -0.129. The predicted molar refractivity (Wildman–Crippen MR) is 91.2 cm³/mol. The first-order valence-corrected chi connectivity index (χ1v) is 8.63. The second-order valence-electron chi connectivity index (χ2n) is 5.73. The van der Waals surface area contributed by atoms with Gasteiger partial charge in [-0.1, -0.05) is 83.0 Å². The number of esters is 1. The molecule has 0 N–H and O–H groups in total. The maximum absolute atomic E-state index is 11.7. The van der Waals surface area contributed by atoms with Crippen LogP contribution < -0.4 is 0 Å². The average Bonchev–Trinajstić information content (AvgIpc) is 3.24. The van der Waals surface area contributed by atoms with Crippen molar-refractivity contribution >= 4 is 17.6 Å². The molecule has 1 aliphatic carbocycles. The molecule has 0 saturated heterocycles. The zero-order valence-corrected chi connectivity index (χ0v) is 14.3. The maximum Gasteiger partial charge on any atom is 0.316 e. The Bertz CT molecular complexity index is 296. The van der Waals surface area contributed by atoms with E-state index in [1.54, 1.807) is 0 Å². The molecule has 3 heteroatoms. The van der Waals surface area contributed by atoms with E-state index in [-0.39, 0.29) is 11.4 Å². The fourth-order valence-electron chi connectivity index (χ4n) is 2.51. The van der Waals surface area contributed by atoms with Crippen LogP contribution in [0.2, 0.25) is 0 Å². The Morgan fingerprint density at radius 3 is 2.00 bits per heavy atom. The smallest absolute Gasteiger partial charge is 0.316 e. The fraction of sp³-hybridized carbons (Fsp3) is 0.722. The van der Waals surface area contributed by atoms with E-state index < -0.39 is 0 Å². The summed E-state index contributed by atoms with van der Waals surface area (Å²) in [5.74, 6) is -0.0551. The zero-order valence-electron chi connectivity index (χ0n) is 13.5. The second kappa shape index (κ2) is 12.9. The largest absolute Gasteiger partial charge is 0.435 e. The third kappa shape index (κ3) is 9.73. The van der Waals surface area contributed by atoms with Crippen LogP contribution in [0, 0.1) is 5.41 Å².